The highest BCUT2D eigenvalue weighted by molar-refractivity contribution is 5.94. The topological polar surface area (TPSA) is 72.3 Å². The minimum atomic E-state index is -0.0873. The van der Waals surface area contributed by atoms with Crippen LogP contribution in [0.2, 0.25) is 0 Å². The summed E-state index contributed by atoms with van der Waals surface area (Å²) in [6.07, 6.45) is 6.81. The number of para-hydroxylation sites is 1. The molecule has 1 N–H and O–H groups in total. The number of piperazine rings is 1. The van der Waals surface area contributed by atoms with Crippen LogP contribution in [0.3, 0.4) is 0 Å². The molecule has 1 amide bonds. The normalized spacial score (nSPS) is 16.9. The van der Waals surface area contributed by atoms with Gasteiger partial charge in [-0.3, -0.25) is 9.36 Å². The van der Waals surface area contributed by atoms with Crippen LogP contribution in [0, 0.1) is 0 Å². The van der Waals surface area contributed by atoms with Gasteiger partial charge in [0.2, 0.25) is 0 Å². The van der Waals surface area contributed by atoms with Crippen molar-refractivity contribution in [2.75, 3.05) is 26.7 Å². The number of pyridine rings is 1. The largest absolute Gasteiger partial charge is 0.496 e. The third-order valence-corrected chi connectivity index (χ3v) is 4.77. The molecular weight excluding hydrogens is 342 g/mol. The van der Waals surface area contributed by atoms with Gasteiger partial charge in [-0.15, -0.1) is 0 Å². The number of imidazole rings is 1. The summed E-state index contributed by atoms with van der Waals surface area (Å²) in [6.45, 7) is 2.08. The lowest BCUT2D eigenvalue weighted by Gasteiger charge is -2.37. The van der Waals surface area contributed by atoms with Crippen molar-refractivity contribution in [1.82, 2.24) is 24.8 Å². The summed E-state index contributed by atoms with van der Waals surface area (Å²) < 4.78 is 7.30. The summed E-state index contributed by atoms with van der Waals surface area (Å²) in [5.74, 6) is 1.49. The standard InChI is InChI=1S/C20H21N5O2/c1-27-18-5-3-2-4-16(18)17-13-21-9-11-25(17)20(26)15-6-7-19(23-12-15)24-10-8-22-14-24/h2-8,10,12,14,17,21H,9,11,13H2,1H3. The Morgan fingerprint density at radius 1 is 1.26 bits per heavy atom. The van der Waals surface area contributed by atoms with Gasteiger partial charge in [0.25, 0.3) is 5.91 Å². The molecule has 0 bridgehead atoms. The van der Waals surface area contributed by atoms with E-state index in [9.17, 15) is 4.79 Å². The maximum Gasteiger partial charge on any atom is 0.256 e. The molecule has 1 fully saturated rings. The highest BCUT2D eigenvalue weighted by Crippen LogP contribution is 2.31. The van der Waals surface area contributed by atoms with Crippen LogP contribution in [0.5, 0.6) is 5.75 Å². The van der Waals surface area contributed by atoms with E-state index in [-0.39, 0.29) is 11.9 Å². The zero-order valence-corrected chi connectivity index (χ0v) is 15.1. The molecule has 1 atom stereocenters. The van der Waals surface area contributed by atoms with E-state index in [4.69, 9.17) is 4.74 Å². The van der Waals surface area contributed by atoms with Gasteiger partial charge < -0.3 is 15.0 Å². The fraction of sp³-hybridized carbons (Fsp3) is 0.250. The molecule has 138 valence electrons. The molecule has 7 nitrogen and oxygen atoms in total. The number of nitrogens with zero attached hydrogens (tertiary/aromatic N) is 4. The van der Waals surface area contributed by atoms with E-state index in [0.717, 1.165) is 23.7 Å². The van der Waals surface area contributed by atoms with E-state index < -0.39 is 0 Å². The quantitative estimate of drug-likeness (QED) is 0.768. The first-order valence-electron chi connectivity index (χ1n) is 8.87. The second-order valence-corrected chi connectivity index (χ2v) is 6.34. The highest BCUT2D eigenvalue weighted by atomic mass is 16.5. The maximum absolute atomic E-state index is 13.2. The number of nitrogens with one attached hydrogen (secondary N) is 1. The molecule has 2 aromatic heterocycles. The second kappa shape index (κ2) is 7.59. The summed E-state index contributed by atoms with van der Waals surface area (Å²) in [6, 6.07) is 11.4. The van der Waals surface area contributed by atoms with Crippen LogP contribution in [0.4, 0.5) is 0 Å². The predicted molar refractivity (Wildman–Crippen MR) is 101 cm³/mol. The molecular formula is C20H21N5O2. The number of benzene rings is 1. The van der Waals surface area contributed by atoms with E-state index >= 15 is 0 Å². The fourth-order valence-corrected chi connectivity index (χ4v) is 3.39. The van der Waals surface area contributed by atoms with Gasteiger partial charge in [0.15, 0.2) is 0 Å². The first-order valence-corrected chi connectivity index (χ1v) is 8.87. The summed E-state index contributed by atoms with van der Waals surface area (Å²) >= 11 is 0. The van der Waals surface area contributed by atoms with E-state index in [0.29, 0.717) is 18.7 Å². The van der Waals surface area contributed by atoms with Crippen molar-refractivity contribution in [1.29, 1.82) is 0 Å². The van der Waals surface area contributed by atoms with Crippen LogP contribution in [-0.4, -0.2) is 52.1 Å². The highest BCUT2D eigenvalue weighted by Gasteiger charge is 2.30. The third kappa shape index (κ3) is 3.41. The van der Waals surface area contributed by atoms with Crippen LogP contribution in [0.25, 0.3) is 5.82 Å². The molecule has 7 heteroatoms. The molecule has 0 saturated carbocycles. The van der Waals surface area contributed by atoms with Gasteiger partial charge in [0.1, 0.15) is 17.9 Å². The Hall–Kier alpha value is -3.19. The molecule has 1 aromatic carbocycles. The van der Waals surface area contributed by atoms with Crippen molar-refractivity contribution in [2.24, 2.45) is 0 Å². The molecule has 1 aliphatic rings. The number of carbonyl (C=O) groups is 1. The van der Waals surface area contributed by atoms with Crippen LogP contribution in [0.15, 0.2) is 61.3 Å². The van der Waals surface area contributed by atoms with Crippen molar-refractivity contribution < 1.29 is 9.53 Å². The number of aromatic nitrogens is 3. The maximum atomic E-state index is 13.2. The molecule has 1 saturated heterocycles. The van der Waals surface area contributed by atoms with Crippen molar-refractivity contribution >= 4 is 5.91 Å². The lowest BCUT2D eigenvalue weighted by atomic mass is 10.0. The van der Waals surface area contributed by atoms with Gasteiger partial charge >= 0.3 is 0 Å². The number of methoxy groups -OCH3 is 1. The lowest BCUT2D eigenvalue weighted by molar-refractivity contribution is 0.0631. The van der Waals surface area contributed by atoms with Gasteiger partial charge in [-0.2, -0.15) is 0 Å². The zero-order valence-electron chi connectivity index (χ0n) is 15.1. The number of carbonyl (C=O) groups excluding carboxylic acids is 1. The first-order chi connectivity index (χ1) is 13.3. The first kappa shape index (κ1) is 17.2. The molecule has 0 radical (unpaired) electrons. The summed E-state index contributed by atoms with van der Waals surface area (Å²) in [4.78, 5) is 23.5. The van der Waals surface area contributed by atoms with Crippen molar-refractivity contribution in [2.45, 2.75) is 6.04 Å². The van der Waals surface area contributed by atoms with Gasteiger partial charge in [-0.25, -0.2) is 9.97 Å². The molecule has 1 aliphatic heterocycles. The van der Waals surface area contributed by atoms with Gasteiger partial charge in [0.05, 0.1) is 18.7 Å². The summed E-state index contributed by atoms with van der Waals surface area (Å²) in [7, 11) is 1.65. The lowest BCUT2D eigenvalue weighted by Crippen LogP contribution is -2.48. The number of hydrogen-bond donors (Lipinski definition) is 1. The number of amides is 1. The molecule has 4 rings (SSSR count). The zero-order chi connectivity index (χ0) is 18.6. The number of ether oxygens (including phenoxy) is 1. The Morgan fingerprint density at radius 2 is 2.15 bits per heavy atom. The monoisotopic (exact) mass is 363 g/mol. The van der Waals surface area contributed by atoms with E-state index in [1.807, 2.05) is 47.5 Å². The molecule has 1 unspecified atom stereocenters. The summed E-state index contributed by atoms with van der Waals surface area (Å²) in [5.41, 5.74) is 1.57. The van der Waals surface area contributed by atoms with Crippen molar-refractivity contribution in [3.63, 3.8) is 0 Å². The average Bonchev–Trinajstić information content (AvgIpc) is 3.28. The van der Waals surface area contributed by atoms with Crippen LogP contribution < -0.4 is 10.1 Å². The number of hydrogen-bond acceptors (Lipinski definition) is 5. The Bertz CT molecular complexity index is 908. The van der Waals surface area contributed by atoms with Gasteiger partial charge in [-0.05, 0) is 18.2 Å². The molecule has 3 aromatic rings. The predicted octanol–water partition coefficient (Wildman–Crippen LogP) is 2.06. The third-order valence-electron chi connectivity index (χ3n) is 4.77. The smallest absolute Gasteiger partial charge is 0.256 e. The Kier molecular flexibility index (Phi) is 4.84. The van der Waals surface area contributed by atoms with Crippen molar-refractivity contribution in [3.8, 4) is 11.6 Å². The minimum absolute atomic E-state index is 0.0305. The van der Waals surface area contributed by atoms with E-state index in [1.165, 1.54) is 0 Å². The van der Waals surface area contributed by atoms with Gasteiger partial charge in [0, 0.05) is 43.8 Å². The summed E-state index contributed by atoms with van der Waals surface area (Å²) in [5, 5.41) is 3.37. The van der Waals surface area contributed by atoms with Crippen LogP contribution in [-0.2, 0) is 0 Å². The van der Waals surface area contributed by atoms with Crippen molar-refractivity contribution in [3.05, 3.63) is 72.4 Å². The molecule has 3 heterocycles. The van der Waals surface area contributed by atoms with Crippen LogP contribution in [0.1, 0.15) is 22.0 Å². The van der Waals surface area contributed by atoms with Gasteiger partial charge in [-0.1, -0.05) is 18.2 Å². The second-order valence-electron chi connectivity index (χ2n) is 6.34. The number of rotatable bonds is 4. The van der Waals surface area contributed by atoms with E-state index in [1.54, 1.807) is 30.4 Å². The fourth-order valence-electron chi connectivity index (χ4n) is 3.39. The average molecular weight is 363 g/mol. The Labute approximate surface area is 157 Å². The molecule has 0 aliphatic carbocycles. The van der Waals surface area contributed by atoms with Crippen LogP contribution >= 0.6 is 0 Å². The SMILES string of the molecule is COc1ccccc1C1CNCCN1C(=O)c1ccc(-n2ccnc2)nc1. The minimum Gasteiger partial charge on any atom is -0.496 e. The Morgan fingerprint density at radius 3 is 2.89 bits per heavy atom. The Balaban J connectivity index is 1.61. The van der Waals surface area contributed by atoms with E-state index in [2.05, 4.69) is 15.3 Å². The molecule has 0 spiro atoms. The molecule has 27 heavy (non-hydrogen) atoms.